The number of benzene rings is 8. The monoisotopic (exact) mass is 751 g/mol. The van der Waals surface area contributed by atoms with Gasteiger partial charge in [-0.05, 0) is 116 Å². The number of rotatable bonds is 9. The molecule has 1 aliphatic rings. The number of nitrogens with zero attached hydrogens (tertiary/aromatic N) is 1. The van der Waals surface area contributed by atoms with E-state index in [0.717, 1.165) is 24.3 Å². The molecule has 0 saturated heterocycles. The van der Waals surface area contributed by atoms with E-state index in [1.807, 2.05) is 12.1 Å². The van der Waals surface area contributed by atoms with Crippen LogP contribution in [0.1, 0.15) is 37.8 Å². The SMILES string of the molecule is CCC1(CC)c2cc(-c3ccc4c(c3)c3ccccc3n4-c3ccc(OC)cc3)ccc2-c2ccc([Si](c3ccccc3)(c3ccccc3)c3ccccc3)cc21. The highest BCUT2D eigenvalue weighted by molar-refractivity contribution is 7.19. The van der Waals surface area contributed by atoms with Crippen LogP contribution in [-0.4, -0.2) is 19.8 Å². The van der Waals surface area contributed by atoms with Crippen LogP contribution in [0.25, 0.3) is 49.7 Å². The lowest BCUT2D eigenvalue weighted by molar-refractivity contribution is 0.415. The van der Waals surface area contributed by atoms with Crippen LogP contribution in [0.5, 0.6) is 5.75 Å². The highest BCUT2D eigenvalue weighted by Gasteiger charge is 2.45. The Balaban J connectivity index is 1.14. The van der Waals surface area contributed by atoms with Gasteiger partial charge in [-0.3, -0.25) is 0 Å². The highest BCUT2D eigenvalue weighted by Crippen LogP contribution is 2.53. The summed E-state index contributed by atoms with van der Waals surface area (Å²) in [6, 6.07) is 72.8. The van der Waals surface area contributed by atoms with Gasteiger partial charge in [0.25, 0.3) is 0 Å². The van der Waals surface area contributed by atoms with Gasteiger partial charge in [0.1, 0.15) is 5.75 Å². The molecule has 0 bridgehead atoms. The number of hydrogen-bond donors (Lipinski definition) is 0. The van der Waals surface area contributed by atoms with E-state index < -0.39 is 8.07 Å². The molecule has 0 atom stereocenters. The third kappa shape index (κ3) is 5.30. The second kappa shape index (κ2) is 13.9. The van der Waals surface area contributed by atoms with Crippen molar-refractivity contribution in [2.45, 2.75) is 32.1 Å². The first-order valence-corrected chi connectivity index (χ1v) is 22.2. The molecule has 276 valence electrons. The average molecular weight is 752 g/mol. The Morgan fingerprint density at radius 2 is 0.965 bits per heavy atom. The second-order valence-corrected chi connectivity index (χ2v) is 19.2. The quantitative estimate of drug-likeness (QED) is 0.106. The number of methoxy groups -OCH3 is 1. The van der Waals surface area contributed by atoms with Crippen molar-refractivity contribution in [1.82, 2.24) is 4.57 Å². The summed E-state index contributed by atoms with van der Waals surface area (Å²) in [6.07, 6.45) is 2.06. The summed E-state index contributed by atoms with van der Waals surface area (Å²) in [6.45, 7) is 4.77. The molecule has 0 saturated carbocycles. The maximum absolute atomic E-state index is 5.48. The van der Waals surface area contributed by atoms with E-state index in [9.17, 15) is 0 Å². The van der Waals surface area contributed by atoms with Crippen LogP contribution in [0.3, 0.4) is 0 Å². The predicted molar refractivity (Wildman–Crippen MR) is 243 cm³/mol. The Bertz CT molecular complexity index is 2790. The van der Waals surface area contributed by atoms with Gasteiger partial charge in [-0.25, -0.2) is 0 Å². The van der Waals surface area contributed by atoms with Crippen molar-refractivity contribution < 1.29 is 4.74 Å². The van der Waals surface area contributed by atoms with Gasteiger partial charge in [0.15, 0.2) is 8.07 Å². The molecule has 57 heavy (non-hydrogen) atoms. The maximum Gasteiger partial charge on any atom is 0.179 e. The molecular formula is C54H45NOSi. The molecule has 0 radical (unpaired) electrons. The molecule has 0 N–H and O–H groups in total. The van der Waals surface area contributed by atoms with Crippen LogP contribution in [0.2, 0.25) is 0 Å². The molecule has 0 fully saturated rings. The van der Waals surface area contributed by atoms with Gasteiger partial charge < -0.3 is 9.30 Å². The van der Waals surface area contributed by atoms with Gasteiger partial charge in [0, 0.05) is 21.9 Å². The van der Waals surface area contributed by atoms with Crippen molar-refractivity contribution in [3.05, 3.63) is 205 Å². The minimum absolute atomic E-state index is 0.102. The Labute approximate surface area is 336 Å². The first-order chi connectivity index (χ1) is 28.1. The summed E-state index contributed by atoms with van der Waals surface area (Å²) in [5.74, 6) is 0.858. The Kier molecular flexibility index (Phi) is 8.57. The van der Waals surface area contributed by atoms with Crippen LogP contribution < -0.4 is 25.5 Å². The molecule has 0 unspecified atom stereocenters. The molecule has 10 rings (SSSR count). The van der Waals surface area contributed by atoms with Gasteiger partial charge in [-0.2, -0.15) is 0 Å². The lowest BCUT2D eigenvalue weighted by Crippen LogP contribution is -2.74. The molecule has 2 nitrogen and oxygen atoms in total. The van der Waals surface area contributed by atoms with Crippen molar-refractivity contribution in [3.8, 4) is 33.7 Å². The summed E-state index contributed by atoms with van der Waals surface area (Å²) in [7, 11) is -0.967. The maximum atomic E-state index is 5.48. The molecule has 3 heteroatoms. The van der Waals surface area contributed by atoms with Crippen LogP contribution in [-0.2, 0) is 5.41 Å². The Morgan fingerprint density at radius 1 is 0.456 bits per heavy atom. The first kappa shape index (κ1) is 35.0. The lowest BCUT2D eigenvalue weighted by atomic mass is 9.73. The van der Waals surface area contributed by atoms with E-state index in [1.165, 1.54) is 75.9 Å². The standard InChI is InChI=1S/C54H45NOSi/c1-4-54(5-2)50-36-39(38-26-34-53-49(35-38)48-23-15-16-24-52(48)55(53)40-27-29-41(56-3)30-28-40)25-32-46(50)47-33-31-45(37-51(47)54)57(42-17-9-6-10-18-42,43-19-11-7-12-20-43)44-21-13-8-14-22-44/h6-37H,4-5H2,1-3H3. The largest absolute Gasteiger partial charge is 0.497 e. The van der Waals surface area contributed by atoms with Crippen LogP contribution in [0, 0.1) is 0 Å². The van der Waals surface area contributed by atoms with Crippen molar-refractivity contribution in [2.75, 3.05) is 7.11 Å². The van der Waals surface area contributed by atoms with Gasteiger partial charge in [-0.1, -0.05) is 159 Å². The molecule has 0 amide bonds. The zero-order chi connectivity index (χ0) is 38.6. The van der Waals surface area contributed by atoms with Crippen molar-refractivity contribution in [1.29, 1.82) is 0 Å². The van der Waals surface area contributed by atoms with Crippen molar-refractivity contribution in [3.63, 3.8) is 0 Å². The van der Waals surface area contributed by atoms with Crippen LogP contribution in [0.15, 0.2) is 194 Å². The van der Waals surface area contributed by atoms with Crippen LogP contribution >= 0.6 is 0 Å². The van der Waals surface area contributed by atoms with E-state index in [2.05, 4.69) is 200 Å². The van der Waals surface area contributed by atoms with E-state index >= 15 is 0 Å². The summed E-state index contributed by atoms with van der Waals surface area (Å²) in [4.78, 5) is 0. The molecule has 0 aliphatic heterocycles. The molecule has 1 heterocycles. The second-order valence-electron chi connectivity index (χ2n) is 15.4. The third-order valence-electron chi connectivity index (χ3n) is 13.0. The molecule has 0 spiro atoms. The molecule has 9 aromatic rings. The van der Waals surface area contributed by atoms with E-state index in [4.69, 9.17) is 4.74 Å². The van der Waals surface area contributed by atoms with Gasteiger partial charge in [0.2, 0.25) is 0 Å². The van der Waals surface area contributed by atoms with E-state index in [1.54, 1.807) is 7.11 Å². The summed E-state index contributed by atoms with van der Waals surface area (Å²) in [5, 5.41) is 8.16. The van der Waals surface area contributed by atoms with Gasteiger partial charge in [-0.15, -0.1) is 0 Å². The lowest BCUT2D eigenvalue weighted by Gasteiger charge is -2.36. The van der Waals surface area contributed by atoms with Gasteiger partial charge in [0.05, 0.1) is 18.1 Å². The number of para-hydroxylation sites is 1. The number of hydrogen-bond acceptors (Lipinski definition) is 1. The Morgan fingerprint density at radius 3 is 1.56 bits per heavy atom. The zero-order valence-corrected chi connectivity index (χ0v) is 33.7. The number of fused-ring (bicyclic) bond motifs is 6. The molecule has 8 aromatic carbocycles. The summed E-state index contributed by atoms with van der Waals surface area (Å²) in [5.41, 5.74) is 11.6. The minimum Gasteiger partial charge on any atom is -0.497 e. The van der Waals surface area contributed by atoms with Crippen LogP contribution in [0.4, 0.5) is 0 Å². The normalized spacial score (nSPS) is 13.1. The van der Waals surface area contributed by atoms with E-state index in [-0.39, 0.29) is 5.41 Å². The molecule has 1 aliphatic carbocycles. The minimum atomic E-state index is -2.68. The smallest absolute Gasteiger partial charge is 0.179 e. The highest BCUT2D eigenvalue weighted by atomic mass is 28.3. The summed E-state index contributed by atoms with van der Waals surface area (Å²) < 4.78 is 7.85. The zero-order valence-electron chi connectivity index (χ0n) is 32.7. The average Bonchev–Trinajstić information content (AvgIpc) is 3.77. The molecular weight excluding hydrogens is 707 g/mol. The Hall–Kier alpha value is -6.42. The van der Waals surface area contributed by atoms with Gasteiger partial charge >= 0.3 is 0 Å². The third-order valence-corrected chi connectivity index (χ3v) is 17.7. The fourth-order valence-electron chi connectivity index (χ4n) is 10.1. The topological polar surface area (TPSA) is 14.2 Å². The molecule has 1 aromatic heterocycles. The van der Waals surface area contributed by atoms with Crippen molar-refractivity contribution in [2.24, 2.45) is 0 Å². The number of ether oxygens (including phenoxy) is 1. The summed E-state index contributed by atoms with van der Waals surface area (Å²) >= 11 is 0. The predicted octanol–water partition coefficient (Wildman–Crippen LogP) is 10.9. The number of aromatic nitrogens is 1. The fourth-order valence-corrected chi connectivity index (χ4v) is 14.9. The van der Waals surface area contributed by atoms with Crippen molar-refractivity contribution >= 4 is 50.6 Å². The van der Waals surface area contributed by atoms with E-state index in [0.29, 0.717) is 0 Å². The first-order valence-electron chi connectivity index (χ1n) is 20.2. The fraction of sp³-hybridized carbons (Fsp3) is 0.111.